The highest BCUT2D eigenvalue weighted by molar-refractivity contribution is 7.15. The van der Waals surface area contributed by atoms with Crippen LogP contribution in [0.2, 0.25) is 0 Å². The summed E-state index contributed by atoms with van der Waals surface area (Å²) in [6.45, 7) is 5.25. The van der Waals surface area contributed by atoms with Gasteiger partial charge in [0.05, 0.1) is 10.6 Å². The minimum absolute atomic E-state index is 0.996. The molecule has 0 spiro atoms. The van der Waals surface area contributed by atoms with Gasteiger partial charge in [-0.05, 0) is 50.1 Å². The topological polar surface area (TPSA) is 29.9 Å². The number of nitrogens with zero attached hydrogens (tertiary/aromatic N) is 2. The Morgan fingerprint density at radius 2 is 2.10 bits per heavy atom. The van der Waals surface area contributed by atoms with Crippen LogP contribution >= 0.6 is 11.3 Å². The molecule has 4 heteroatoms. The van der Waals surface area contributed by atoms with Crippen LogP contribution in [-0.2, 0) is 6.42 Å². The molecule has 0 saturated carbocycles. The number of thiophene rings is 1. The Morgan fingerprint density at radius 3 is 2.86 bits per heavy atom. The quantitative estimate of drug-likeness (QED) is 0.768. The maximum Gasteiger partial charge on any atom is 0.133 e. The lowest BCUT2D eigenvalue weighted by Gasteiger charge is -2.06. The van der Waals surface area contributed by atoms with Crippen LogP contribution in [-0.4, -0.2) is 16.3 Å². The van der Waals surface area contributed by atoms with Gasteiger partial charge in [-0.25, -0.2) is 4.68 Å². The lowest BCUT2D eigenvalue weighted by Crippen LogP contribution is -2.04. The Hall–Kier alpha value is -2.07. The molecule has 2 aromatic heterocycles. The monoisotopic (exact) mass is 295 g/mol. The van der Waals surface area contributed by atoms with E-state index in [1.807, 2.05) is 11.3 Å². The third-order valence-corrected chi connectivity index (χ3v) is 4.88. The second-order valence-corrected chi connectivity index (χ2v) is 6.80. The van der Waals surface area contributed by atoms with Crippen molar-refractivity contribution in [3.63, 3.8) is 0 Å². The summed E-state index contributed by atoms with van der Waals surface area (Å²) in [7, 11) is 0. The molecule has 0 unspecified atom stereocenters. The summed E-state index contributed by atoms with van der Waals surface area (Å²) in [5, 5.41) is 8.38. The summed E-state index contributed by atoms with van der Waals surface area (Å²) >= 11 is 1.81. The molecule has 0 fully saturated rings. The first-order valence-corrected chi connectivity index (χ1v) is 8.03. The first-order valence-electron chi connectivity index (χ1n) is 7.22. The Kier molecular flexibility index (Phi) is 2.86. The molecule has 0 bridgehead atoms. The summed E-state index contributed by atoms with van der Waals surface area (Å²) in [5.41, 5.74) is 4.86. The van der Waals surface area contributed by atoms with Crippen LogP contribution in [0.4, 0.5) is 5.82 Å². The zero-order valence-corrected chi connectivity index (χ0v) is 13.0. The standard InChI is InChI=1S/C17H17N3S/c1-11-4-3-5-13(10-11)20-17-14(8-9-18-17)16(19-20)15-7-6-12(2)21-15/h3-7,10,18H,8-9H2,1-2H3. The number of benzene rings is 1. The molecule has 1 aromatic carbocycles. The molecular weight excluding hydrogens is 278 g/mol. The van der Waals surface area contributed by atoms with Gasteiger partial charge in [-0.2, -0.15) is 5.10 Å². The number of rotatable bonds is 2. The van der Waals surface area contributed by atoms with Gasteiger partial charge >= 0.3 is 0 Å². The molecule has 0 saturated heterocycles. The third-order valence-electron chi connectivity index (χ3n) is 3.87. The number of fused-ring (bicyclic) bond motifs is 1. The van der Waals surface area contributed by atoms with Gasteiger partial charge in [0, 0.05) is 17.0 Å². The average Bonchev–Trinajstić information content (AvgIpc) is 3.14. The van der Waals surface area contributed by atoms with Crippen molar-refractivity contribution in [1.29, 1.82) is 0 Å². The highest BCUT2D eigenvalue weighted by Gasteiger charge is 2.24. The lowest BCUT2D eigenvalue weighted by molar-refractivity contribution is 0.882. The number of aromatic nitrogens is 2. The lowest BCUT2D eigenvalue weighted by atomic mass is 10.2. The van der Waals surface area contributed by atoms with E-state index in [2.05, 4.69) is 60.2 Å². The van der Waals surface area contributed by atoms with Crippen LogP contribution in [0.25, 0.3) is 16.3 Å². The molecule has 0 aliphatic carbocycles. The molecule has 3 nitrogen and oxygen atoms in total. The van der Waals surface area contributed by atoms with Gasteiger partial charge in [0.15, 0.2) is 0 Å². The Balaban J connectivity index is 1.90. The van der Waals surface area contributed by atoms with Crippen LogP contribution in [0.15, 0.2) is 36.4 Å². The van der Waals surface area contributed by atoms with Crippen molar-refractivity contribution >= 4 is 17.2 Å². The van der Waals surface area contributed by atoms with E-state index in [1.54, 1.807) is 0 Å². The zero-order chi connectivity index (χ0) is 14.4. The van der Waals surface area contributed by atoms with Crippen molar-refractivity contribution in [2.24, 2.45) is 0 Å². The fraction of sp³-hybridized carbons (Fsp3) is 0.235. The second-order valence-electron chi connectivity index (χ2n) is 5.51. The van der Waals surface area contributed by atoms with Gasteiger partial charge in [0.25, 0.3) is 0 Å². The fourth-order valence-electron chi connectivity index (χ4n) is 2.88. The maximum atomic E-state index is 4.89. The summed E-state index contributed by atoms with van der Waals surface area (Å²) in [6.07, 6.45) is 1.05. The highest BCUT2D eigenvalue weighted by atomic mass is 32.1. The van der Waals surface area contributed by atoms with Gasteiger partial charge in [-0.1, -0.05) is 12.1 Å². The SMILES string of the molecule is Cc1cccc(-n2nc(-c3ccc(C)s3)c3c2NCC3)c1. The van der Waals surface area contributed by atoms with Crippen molar-refractivity contribution < 1.29 is 0 Å². The number of hydrogen-bond acceptors (Lipinski definition) is 3. The Labute approximate surface area is 128 Å². The van der Waals surface area contributed by atoms with Gasteiger partial charge in [0.2, 0.25) is 0 Å². The molecule has 4 rings (SSSR count). The van der Waals surface area contributed by atoms with Crippen molar-refractivity contribution in [2.45, 2.75) is 20.3 Å². The summed E-state index contributed by atoms with van der Waals surface area (Å²) in [6, 6.07) is 12.8. The predicted octanol–water partition coefficient (Wildman–Crippen LogP) is 4.19. The molecule has 3 aromatic rings. The molecule has 0 atom stereocenters. The van der Waals surface area contributed by atoms with Gasteiger partial charge in [-0.3, -0.25) is 0 Å². The number of nitrogens with one attached hydrogen (secondary N) is 1. The molecule has 0 amide bonds. The van der Waals surface area contributed by atoms with E-state index in [9.17, 15) is 0 Å². The number of hydrogen-bond donors (Lipinski definition) is 1. The Morgan fingerprint density at radius 1 is 1.19 bits per heavy atom. The van der Waals surface area contributed by atoms with E-state index >= 15 is 0 Å². The van der Waals surface area contributed by atoms with Crippen molar-refractivity contribution in [3.05, 3.63) is 52.4 Å². The highest BCUT2D eigenvalue weighted by Crippen LogP contribution is 2.37. The van der Waals surface area contributed by atoms with Crippen LogP contribution < -0.4 is 5.32 Å². The van der Waals surface area contributed by atoms with Crippen molar-refractivity contribution in [2.75, 3.05) is 11.9 Å². The maximum absolute atomic E-state index is 4.89. The second kappa shape index (κ2) is 4.74. The number of aryl methyl sites for hydroxylation is 2. The van der Waals surface area contributed by atoms with Crippen LogP contribution in [0, 0.1) is 13.8 Å². The van der Waals surface area contributed by atoms with E-state index in [4.69, 9.17) is 5.10 Å². The molecule has 0 radical (unpaired) electrons. The summed E-state index contributed by atoms with van der Waals surface area (Å²) in [5.74, 6) is 1.15. The predicted molar refractivity (Wildman–Crippen MR) is 88.5 cm³/mol. The molecule has 1 aliphatic heterocycles. The summed E-state index contributed by atoms with van der Waals surface area (Å²) < 4.78 is 2.06. The molecular formula is C17H17N3S. The molecule has 21 heavy (non-hydrogen) atoms. The number of anilines is 1. The van der Waals surface area contributed by atoms with Gasteiger partial charge in [0.1, 0.15) is 11.5 Å². The van der Waals surface area contributed by atoms with E-state index in [1.165, 1.54) is 20.9 Å². The van der Waals surface area contributed by atoms with Crippen LogP contribution in [0.3, 0.4) is 0 Å². The van der Waals surface area contributed by atoms with Crippen LogP contribution in [0.1, 0.15) is 16.0 Å². The molecule has 1 N–H and O–H groups in total. The zero-order valence-electron chi connectivity index (χ0n) is 12.2. The smallest absolute Gasteiger partial charge is 0.133 e. The normalized spacial score (nSPS) is 13.2. The van der Waals surface area contributed by atoms with E-state index in [-0.39, 0.29) is 0 Å². The van der Waals surface area contributed by atoms with Gasteiger partial charge < -0.3 is 5.32 Å². The first kappa shape index (κ1) is 12.7. The average molecular weight is 295 g/mol. The van der Waals surface area contributed by atoms with E-state index < -0.39 is 0 Å². The molecule has 3 heterocycles. The first-order chi connectivity index (χ1) is 10.2. The van der Waals surface area contributed by atoms with Crippen LogP contribution in [0.5, 0.6) is 0 Å². The largest absolute Gasteiger partial charge is 0.369 e. The van der Waals surface area contributed by atoms with Crippen molar-refractivity contribution in [3.8, 4) is 16.3 Å². The third kappa shape index (κ3) is 2.07. The van der Waals surface area contributed by atoms with Gasteiger partial charge in [-0.15, -0.1) is 11.3 Å². The summed E-state index contributed by atoms with van der Waals surface area (Å²) in [4.78, 5) is 2.59. The minimum Gasteiger partial charge on any atom is -0.369 e. The fourth-order valence-corrected chi connectivity index (χ4v) is 3.76. The Bertz CT molecular complexity index is 813. The molecule has 106 valence electrons. The molecule has 1 aliphatic rings. The van der Waals surface area contributed by atoms with E-state index in [0.717, 1.165) is 30.2 Å². The van der Waals surface area contributed by atoms with E-state index in [0.29, 0.717) is 0 Å². The van der Waals surface area contributed by atoms with Crippen molar-refractivity contribution in [1.82, 2.24) is 9.78 Å². The minimum atomic E-state index is 0.996.